The van der Waals surface area contributed by atoms with Gasteiger partial charge >= 0.3 is 12.1 Å². The SMILES string of the molecule is CCOC(=O)[C@H](CCSC)NCC(F)(F)F. The fraction of sp³-hybridized carbons (Fsp3) is 0.889. The number of esters is 1. The van der Waals surface area contributed by atoms with E-state index in [1.165, 1.54) is 11.8 Å². The number of nitrogens with one attached hydrogen (secondary N) is 1. The third kappa shape index (κ3) is 7.81. The summed E-state index contributed by atoms with van der Waals surface area (Å²) in [4.78, 5) is 11.3. The number of carbonyl (C=O) groups excluding carboxylic acids is 1. The highest BCUT2D eigenvalue weighted by atomic mass is 32.2. The van der Waals surface area contributed by atoms with Gasteiger partial charge in [0, 0.05) is 0 Å². The minimum Gasteiger partial charge on any atom is -0.465 e. The van der Waals surface area contributed by atoms with E-state index in [0.29, 0.717) is 12.2 Å². The van der Waals surface area contributed by atoms with E-state index in [4.69, 9.17) is 0 Å². The van der Waals surface area contributed by atoms with Crippen molar-refractivity contribution in [3.8, 4) is 0 Å². The maximum Gasteiger partial charge on any atom is 0.401 e. The summed E-state index contributed by atoms with van der Waals surface area (Å²) in [5, 5.41) is 2.17. The van der Waals surface area contributed by atoms with Crippen LogP contribution in [0.1, 0.15) is 13.3 Å². The van der Waals surface area contributed by atoms with Crippen LogP contribution in [0.3, 0.4) is 0 Å². The van der Waals surface area contributed by atoms with E-state index in [-0.39, 0.29) is 6.61 Å². The van der Waals surface area contributed by atoms with Crippen LogP contribution in [0.5, 0.6) is 0 Å². The molecule has 0 aliphatic carbocycles. The fourth-order valence-electron chi connectivity index (χ4n) is 1.02. The van der Waals surface area contributed by atoms with Gasteiger partial charge in [-0.05, 0) is 25.4 Å². The number of rotatable bonds is 7. The number of hydrogen-bond acceptors (Lipinski definition) is 4. The lowest BCUT2D eigenvalue weighted by atomic mass is 10.2. The van der Waals surface area contributed by atoms with Crippen LogP contribution in [0.15, 0.2) is 0 Å². The Balaban J connectivity index is 4.14. The van der Waals surface area contributed by atoms with Crippen LogP contribution in [0.4, 0.5) is 13.2 Å². The van der Waals surface area contributed by atoms with Crippen molar-refractivity contribution < 1.29 is 22.7 Å². The molecule has 0 aromatic rings. The molecule has 0 bridgehead atoms. The zero-order valence-corrected chi connectivity index (χ0v) is 10.1. The van der Waals surface area contributed by atoms with Crippen molar-refractivity contribution in [3.05, 3.63) is 0 Å². The summed E-state index contributed by atoms with van der Waals surface area (Å²) in [6, 6.07) is -0.881. The van der Waals surface area contributed by atoms with Crippen molar-refractivity contribution >= 4 is 17.7 Å². The van der Waals surface area contributed by atoms with E-state index >= 15 is 0 Å². The Morgan fingerprint density at radius 3 is 2.56 bits per heavy atom. The third-order valence-corrected chi connectivity index (χ3v) is 2.37. The van der Waals surface area contributed by atoms with E-state index in [0.717, 1.165) is 0 Å². The topological polar surface area (TPSA) is 38.3 Å². The first-order valence-corrected chi connectivity index (χ1v) is 6.25. The summed E-state index contributed by atoms with van der Waals surface area (Å²) in [6.45, 7) is 0.612. The summed E-state index contributed by atoms with van der Waals surface area (Å²) < 4.78 is 40.6. The summed E-state index contributed by atoms with van der Waals surface area (Å²) >= 11 is 1.47. The first-order chi connectivity index (χ1) is 7.40. The van der Waals surface area contributed by atoms with Crippen LogP contribution in [0.2, 0.25) is 0 Å². The molecule has 0 saturated heterocycles. The van der Waals surface area contributed by atoms with Gasteiger partial charge in [-0.3, -0.25) is 10.1 Å². The number of hydrogen-bond donors (Lipinski definition) is 1. The van der Waals surface area contributed by atoms with Crippen LogP contribution >= 0.6 is 11.8 Å². The number of ether oxygens (including phenoxy) is 1. The lowest BCUT2D eigenvalue weighted by Gasteiger charge is -2.17. The second-order valence-corrected chi connectivity index (χ2v) is 4.07. The van der Waals surface area contributed by atoms with E-state index < -0.39 is 24.7 Å². The third-order valence-electron chi connectivity index (χ3n) is 1.73. The van der Waals surface area contributed by atoms with Crippen molar-refractivity contribution in [3.63, 3.8) is 0 Å². The molecule has 0 aromatic heterocycles. The summed E-state index contributed by atoms with van der Waals surface area (Å²) in [7, 11) is 0. The van der Waals surface area contributed by atoms with Crippen molar-refractivity contribution in [1.82, 2.24) is 5.32 Å². The number of halogens is 3. The Morgan fingerprint density at radius 2 is 2.12 bits per heavy atom. The van der Waals surface area contributed by atoms with Crippen molar-refractivity contribution in [1.29, 1.82) is 0 Å². The predicted octanol–water partition coefficient (Wildman–Crippen LogP) is 1.82. The second kappa shape index (κ2) is 7.78. The molecular weight excluding hydrogens is 243 g/mol. The number of thioether (sulfide) groups is 1. The van der Waals surface area contributed by atoms with Crippen LogP contribution in [0, 0.1) is 0 Å². The molecule has 1 atom stereocenters. The van der Waals surface area contributed by atoms with Crippen LogP contribution in [0.25, 0.3) is 0 Å². The molecule has 1 N–H and O–H groups in total. The highest BCUT2D eigenvalue weighted by Crippen LogP contribution is 2.13. The van der Waals surface area contributed by atoms with Gasteiger partial charge in [0.2, 0.25) is 0 Å². The van der Waals surface area contributed by atoms with Crippen molar-refractivity contribution in [2.75, 3.05) is 25.2 Å². The molecule has 0 aliphatic rings. The molecule has 16 heavy (non-hydrogen) atoms. The molecule has 0 unspecified atom stereocenters. The minimum absolute atomic E-state index is 0.169. The van der Waals surface area contributed by atoms with Crippen LogP contribution in [-0.2, 0) is 9.53 Å². The van der Waals surface area contributed by atoms with Gasteiger partial charge in [-0.1, -0.05) is 0 Å². The lowest BCUT2D eigenvalue weighted by Crippen LogP contribution is -2.43. The van der Waals surface area contributed by atoms with Gasteiger partial charge in [-0.15, -0.1) is 0 Å². The van der Waals surface area contributed by atoms with Gasteiger partial charge in [0.1, 0.15) is 6.04 Å². The van der Waals surface area contributed by atoms with Crippen LogP contribution in [-0.4, -0.2) is 43.3 Å². The molecule has 0 heterocycles. The van der Waals surface area contributed by atoms with Gasteiger partial charge in [0.25, 0.3) is 0 Å². The maximum atomic E-state index is 12.0. The molecule has 96 valence electrons. The van der Waals surface area contributed by atoms with Gasteiger partial charge in [-0.25, -0.2) is 0 Å². The molecule has 0 aliphatic heterocycles. The van der Waals surface area contributed by atoms with Gasteiger partial charge in [0.15, 0.2) is 0 Å². The highest BCUT2D eigenvalue weighted by Gasteiger charge is 2.30. The zero-order valence-electron chi connectivity index (χ0n) is 9.26. The molecule has 0 amide bonds. The Bertz CT molecular complexity index is 211. The first-order valence-electron chi connectivity index (χ1n) is 4.86. The summed E-state index contributed by atoms with van der Waals surface area (Å²) in [5.74, 6) is -0.0188. The average Bonchev–Trinajstić information content (AvgIpc) is 2.16. The summed E-state index contributed by atoms with van der Waals surface area (Å²) in [6.07, 6.45) is -2.16. The minimum atomic E-state index is -4.32. The van der Waals surface area contributed by atoms with Crippen molar-refractivity contribution in [2.24, 2.45) is 0 Å². The zero-order chi connectivity index (χ0) is 12.6. The Hall–Kier alpha value is -0.430. The van der Waals surface area contributed by atoms with Gasteiger partial charge < -0.3 is 4.74 Å². The number of carbonyl (C=O) groups is 1. The Labute approximate surface area is 97.1 Å². The largest absolute Gasteiger partial charge is 0.465 e. The second-order valence-electron chi connectivity index (χ2n) is 3.08. The standard InChI is InChI=1S/C9H16F3NO2S/c1-3-15-8(14)7(4-5-16-2)13-6-9(10,11)12/h7,13H,3-6H2,1-2H3/t7-/m0/s1. The monoisotopic (exact) mass is 259 g/mol. The van der Waals surface area contributed by atoms with E-state index in [1.807, 2.05) is 6.26 Å². The fourth-order valence-corrected chi connectivity index (χ4v) is 1.49. The first kappa shape index (κ1) is 15.6. The Kier molecular flexibility index (Phi) is 7.57. The van der Waals surface area contributed by atoms with Gasteiger partial charge in [-0.2, -0.15) is 24.9 Å². The normalized spacial score (nSPS) is 13.6. The predicted molar refractivity (Wildman–Crippen MR) is 57.5 cm³/mol. The highest BCUT2D eigenvalue weighted by molar-refractivity contribution is 7.98. The van der Waals surface area contributed by atoms with E-state index in [2.05, 4.69) is 10.1 Å². The molecular formula is C9H16F3NO2S. The molecule has 0 radical (unpaired) electrons. The van der Waals surface area contributed by atoms with E-state index in [9.17, 15) is 18.0 Å². The lowest BCUT2D eigenvalue weighted by molar-refractivity contribution is -0.148. The smallest absolute Gasteiger partial charge is 0.401 e. The molecule has 0 fully saturated rings. The summed E-state index contributed by atoms with van der Waals surface area (Å²) in [5.41, 5.74) is 0. The Morgan fingerprint density at radius 1 is 1.50 bits per heavy atom. The van der Waals surface area contributed by atoms with Crippen molar-refractivity contribution in [2.45, 2.75) is 25.6 Å². The molecule has 7 heteroatoms. The quantitative estimate of drug-likeness (QED) is 0.708. The average molecular weight is 259 g/mol. The molecule has 0 aromatic carbocycles. The van der Waals surface area contributed by atoms with Gasteiger partial charge in [0.05, 0.1) is 13.2 Å². The molecule has 0 saturated carbocycles. The molecule has 0 spiro atoms. The maximum absolute atomic E-state index is 12.0. The van der Waals surface area contributed by atoms with Crippen LogP contribution < -0.4 is 5.32 Å². The van der Waals surface area contributed by atoms with E-state index in [1.54, 1.807) is 6.92 Å². The molecule has 3 nitrogen and oxygen atoms in total. The number of alkyl halides is 3. The molecule has 0 rings (SSSR count).